The molecule has 3 amide bonds. The van der Waals surface area contributed by atoms with Crippen molar-refractivity contribution >= 4 is 40.6 Å². The second kappa shape index (κ2) is 15.1. The van der Waals surface area contributed by atoms with Crippen LogP contribution in [0.5, 0.6) is 5.75 Å². The van der Waals surface area contributed by atoms with Gasteiger partial charge in [-0.1, -0.05) is 30.3 Å². The van der Waals surface area contributed by atoms with Crippen LogP contribution >= 0.6 is 0 Å². The number of phenolic OH excluding ortho intramolecular Hbond substituents is 1. The average molecular weight is 621 g/mol. The Morgan fingerprint density at radius 2 is 1.76 bits per heavy atom. The number of rotatable bonds is 14. The molecule has 1 aliphatic rings. The van der Waals surface area contributed by atoms with Gasteiger partial charge < -0.3 is 47.9 Å². The highest BCUT2D eigenvalue weighted by atomic mass is 16.4. The number of carbonyl (C=O) groups excluding carboxylic acids is 3. The number of nitrogens with two attached hydrogens (primary N) is 3. The Morgan fingerprint density at radius 1 is 1.02 bits per heavy atom. The highest BCUT2D eigenvalue weighted by Crippen LogP contribution is 2.22. The van der Waals surface area contributed by atoms with Crippen LogP contribution in [-0.4, -0.2) is 87.0 Å². The lowest BCUT2D eigenvalue weighted by Gasteiger charge is -2.28. The molecule has 14 nitrogen and oxygen atoms in total. The topological polar surface area (TPSA) is 242 Å². The molecule has 0 radical (unpaired) electrons. The van der Waals surface area contributed by atoms with E-state index in [-0.39, 0.29) is 43.4 Å². The number of aliphatic imine (C=N–C) groups is 1. The number of carbonyl (C=O) groups is 4. The fraction of sp³-hybridized carbons (Fsp3) is 0.387. The molecule has 45 heavy (non-hydrogen) atoms. The summed E-state index contributed by atoms with van der Waals surface area (Å²) in [6.45, 7) is 0.522. The van der Waals surface area contributed by atoms with Crippen molar-refractivity contribution in [1.29, 1.82) is 0 Å². The highest BCUT2D eigenvalue weighted by molar-refractivity contribution is 5.95. The van der Waals surface area contributed by atoms with Gasteiger partial charge in [0.15, 0.2) is 5.96 Å². The van der Waals surface area contributed by atoms with Gasteiger partial charge in [0.2, 0.25) is 17.7 Å². The Labute approximate surface area is 260 Å². The van der Waals surface area contributed by atoms with Crippen LogP contribution in [0.15, 0.2) is 59.7 Å². The van der Waals surface area contributed by atoms with E-state index in [1.807, 2.05) is 30.5 Å². The predicted octanol–water partition coefficient (Wildman–Crippen LogP) is 0.0848. The molecular formula is C31H40N8O6. The first-order chi connectivity index (χ1) is 21.5. The minimum Gasteiger partial charge on any atom is -0.508 e. The number of hydrogen-bond donors (Lipinski definition) is 8. The van der Waals surface area contributed by atoms with E-state index in [1.165, 1.54) is 17.0 Å². The molecule has 3 aromatic rings. The minimum atomic E-state index is -1.25. The summed E-state index contributed by atoms with van der Waals surface area (Å²) in [5, 5.41) is 25.6. The number of hydrogen-bond acceptors (Lipinski definition) is 7. The van der Waals surface area contributed by atoms with E-state index in [1.54, 1.807) is 12.1 Å². The Morgan fingerprint density at radius 3 is 2.47 bits per heavy atom. The number of aromatic hydroxyl groups is 1. The zero-order valence-corrected chi connectivity index (χ0v) is 24.8. The molecule has 240 valence electrons. The third-order valence-corrected chi connectivity index (χ3v) is 7.84. The third-order valence-electron chi connectivity index (χ3n) is 7.84. The summed E-state index contributed by atoms with van der Waals surface area (Å²) in [5.74, 6) is -2.97. The molecule has 14 heteroatoms. The van der Waals surface area contributed by atoms with E-state index in [2.05, 4.69) is 20.6 Å². The molecule has 0 bridgehead atoms. The van der Waals surface area contributed by atoms with Crippen LogP contribution in [0.3, 0.4) is 0 Å². The Bertz CT molecular complexity index is 1530. The van der Waals surface area contributed by atoms with Crippen LogP contribution in [0, 0.1) is 0 Å². The normalized spacial score (nSPS) is 16.5. The van der Waals surface area contributed by atoms with E-state index in [9.17, 15) is 29.4 Å². The standard InChI is InChI=1S/C31H40N8O6/c32-22(16-19-17-36-23-6-2-1-5-21(19)23)29(43)39-14-4-8-26(39)28(42)38-25(15-18-9-11-20(40)12-10-18)27(41)37-24(30(44)45)7-3-13-35-31(33)34/h1-2,5-6,9-12,17,22,24-26,36,40H,3-4,7-8,13-16,32H2,(H,37,41)(H,38,42)(H,44,45)(H4,33,34,35). The number of phenols is 1. The van der Waals surface area contributed by atoms with Crippen LogP contribution in [0.25, 0.3) is 10.9 Å². The van der Waals surface area contributed by atoms with Crippen molar-refractivity contribution < 1.29 is 29.4 Å². The Hall–Kier alpha value is -5.11. The van der Waals surface area contributed by atoms with Gasteiger partial charge in [0.25, 0.3) is 0 Å². The van der Waals surface area contributed by atoms with Crippen LogP contribution in [0.2, 0.25) is 0 Å². The van der Waals surface area contributed by atoms with Gasteiger partial charge in [0.05, 0.1) is 6.04 Å². The van der Waals surface area contributed by atoms with Gasteiger partial charge in [0, 0.05) is 36.6 Å². The summed E-state index contributed by atoms with van der Waals surface area (Å²) in [4.78, 5) is 60.9. The van der Waals surface area contributed by atoms with Gasteiger partial charge in [-0.2, -0.15) is 0 Å². The van der Waals surface area contributed by atoms with Gasteiger partial charge in [0.1, 0.15) is 23.9 Å². The van der Waals surface area contributed by atoms with Gasteiger partial charge in [-0.25, -0.2) is 4.79 Å². The van der Waals surface area contributed by atoms with Gasteiger partial charge in [-0.15, -0.1) is 0 Å². The van der Waals surface area contributed by atoms with Gasteiger partial charge in [-0.3, -0.25) is 19.4 Å². The van der Waals surface area contributed by atoms with E-state index < -0.39 is 42.0 Å². The number of para-hydroxylation sites is 1. The molecule has 1 aromatic heterocycles. The highest BCUT2D eigenvalue weighted by Gasteiger charge is 2.38. The zero-order chi connectivity index (χ0) is 32.5. The smallest absolute Gasteiger partial charge is 0.326 e. The van der Waals surface area contributed by atoms with Gasteiger partial charge >= 0.3 is 5.97 Å². The molecule has 0 saturated carbocycles. The predicted molar refractivity (Wildman–Crippen MR) is 168 cm³/mol. The van der Waals surface area contributed by atoms with Crippen molar-refractivity contribution in [2.75, 3.05) is 13.1 Å². The fourth-order valence-corrected chi connectivity index (χ4v) is 5.52. The molecule has 1 aliphatic heterocycles. The van der Waals surface area contributed by atoms with Crippen LogP contribution in [-0.2, 0) is 32.0 Å². The minimum absolute atomic E-state index is 0.0128. The number of aliphatic carboxylic acids is 1. The summed E-state index contributed by atoms with van der Waals surface area (Å²) in [5.41, 5.74) is 19.4. The number of guanidine groups is 1. The number of likely N-dealkylation sites (tertiary alicyclic amines) is 1. The Balaban J connectivity index is 1.46. The number of fused-ring (bicyclic) bond motifs is 1. The van der Waals surface area contributed by atoms with E-state index in [0.29, 0.717) is 31.4 Å². The fourth-order valence-electron chi connectivity index (χ4n) is 5.52. The largest absolute Gasteiger partial charge is 0.508 e. The molecule has 0 aliphatic carbocycles. The molecule has 4 rings (SSSR count). The number of carboxylic acid groups (broad SMARTS) is 1. The van der Waals surface area contributed by atoms with Crippen molar-refractivity contribution in [3.63, 3.8) is 0 Å². The number of benzene rings is 2. The summed E-state index contributed by atoms with van der Waals surface area (Å²) < 4.78 is 0. The monoisotopic (exact) mass is 620 g/mol. The quantitative estimate of drug-likeness (QED) is 0.0690. The summed E-state index contributed by atoms with van der Waals surface area (Å²) in [6, 6.07) is 9.63. The van der Waals surface area contributed by atoms with Crippen molar-refractivity contribution in [2.45, 2.75) is 62.7 Å². The summed E-state index contributed by atoms with van der Waals surface area (Å²) in [6.07, 6.45) is 3.42. The first-order valence-corrected chi connectivity index (χ1v) is 14.8. The maximum Gasteiger partial charge on any atom is 0.326 e. The number of aromatic amines is 1. The molecule has 4 atom stereocenters. The number of carboxylic acids is 1. The zero-order valence-electron chi connectivity index (χ0n) is 24.8. The number of H-pyrrole nitrogens is 1. The second-order valence-electron chi connectivity index (χ2n) is 11.1. The number of nitrogens with zero attached hydrogens (tertiary/aromatic N) is 2. The SMILES string of the molecule is NC(N)=NCCCC(NC(=O)C(Cc1ccc(O)cc1)NC(=O)C1CCCN1C(=O)C(N)Cc1c[nH]c2ccccc12)C(=O)O. The number of nitrogens with one attached hydrogen (secondary N) is 3. The molecule has 0 spiro atoms. The van der Waals surface area contributed by atoms with Crippen LogP contribution in [0.1, 0.15) is 36.8 Å². The lowest BCUT2D eigenvalue weighted by atomic mass is 10.0. The van der Waals surface area contributed by atoms with Crippen molar-refractivity contribution in [3.05, 3.63) is 65.9 Å². The molecular weight excluding hydrogens is 580 g/mol. The van der Waals surface area contributed by atoms with E-state index in [0.717, 1.165) is 16.5 Å². The average Bonchev–Trinajstić information content (AvgIpc) is 3.66. The molecule has 2 heterocycles. The molecule has 1 fully saturated rings. The molecule has 2 aromatic carbocycles. The number of aromatic nitrogens is 1. The number of amides is 3. The van der Waals surface area contributed by atoms with Crippen LogP contribution in [0.4, 0.5) is 0 Å². The van der Waals surface area contributed by atoms with E-state index in [4.69, 9.17) is 17.2 Å². The summed E-state index contributed by atoms with van der Waals surface area (Å²) in [7, 11) is 0. The summed E-state index contributed by atoms with van der Waals surface area (Å²) >= 11 is 0. The first kappa shape index (κ1) is 32.8. The third kappa shape index (κ3) is 8.72. The molecule has 4 unspecified atom stereocenters. The molecule has 1 saturated heterocycles. The van der Waals surface area contributed by atoms with Crippen molar-refractivity contribution in [1.82, 2.24) is 20.5 Å². The maximum atomic E-state index is 13.6. The van der Waals surface area contributed by atoms with Crippen LogP contribution < -0.4 is 27.8 Å². The lowest BCUT2D eigenvalue weighted by molar-refractivity contribution is -0.143. The first-order valence-electron chi connectivity index (χ1n) is 14.8. The van der Waals surface area contributed by atoms with Crippen molar-refractivity contribution in [2.24, 2.45) is 22.2 Å². The maximum absolute atomic E-state index is 13.6. The Kier molecular flexibility index (Phi) is 11.0. The lowest BCUT2D eigenvalue weighted by Crippen LogP contribution is -2.57. The van der Waals surface area contributed by atoms with E-state index >= 15 is 0 Å². The van der Waals surface area contributed by atoms with Gasteiger partial charge in [-0.05, 0) is 61.4 Å². The second-order valence-corrected chi connectivity index (χ2v) is 11.1. The molecule has 11 N–H and O–H groups in total. The van der Waals surface area contributed by atoms with Crippen molar-refractivity contribution in [3.8, 4) is 5.75 Å².